The van der Waals surface area contributed by atoms with Gasteiger partial charge in [0.25, 0.3) is 0 Å². The van der Waals surface area contributed by atoms with Crippen molar-refractivity contribution < 1.29 is 19.1 Å². The molecule has 0 amide bonds. The highest BCUT2D eigenvalue weighted by Gasteiger charge is 2.26. The largest absolute Gasteiger partial charge is 0.462 e. The summed E-state index contributed by atoms with van der Waals surface area (Å²) in [5.74, 6) is -0.473. The Bertz CT molecular complexity index is 744. The maximum atomic E-state index is 12.5. The fraction of sp³-hybridized carbons (Fsp3) is 0.400. The SMILES string of the molecule is CCOC(=O)c1c(OC(=O)C2CCCCC2)ccc2ccccc12. The van der Waals surface area contributed by atoms with Gasteiger partial charge in [0.15, 0.2) is 0 Å². The van der Waals surface area contributed by atoms with E-state index in [9.17, 15) is 9.59 Å². The molecular weight excluding hydrogens is 304 g/mol. The van der Waals surface area contributed by atoms with E-state index in [0.29, 0.717) is 11.3 Å². The summed E-state index contributed by atoms with van der Waals surface area (Å²) in [6.45, 7) is 2.04. The number of rotatable bonds is 4. The fourth-order valence-electron chi connectivity index (χ4n) is 3.28. The number of benzene rings is 2. The average molecular weight is 326 g/mol. The van der Waals surface area contributed by atoms with Gasteiger partial charge in [0.05, 0.1) is 12.5 Å². The van der Waals surface area contributed by atoms with Crippen molar-refractivity contribution in [2.24, 2.45) is 5.92 Å². The Morgan fingerprint density at radius 2 is 1.79 bits per heavy atom. The van der Waals surface area contributed by atoms with Gasteiger partial charge in [-0.1, -0.05) is 49.6 Å². The normalized spacial score (nSPS) is 15.2. The molecule has 0 radical (unpaired) electrons. The zero-order valence-corrected chi connectivity index (χ0v) is 13.9. The molecule has 1 fully saturated rings. The summed E-state index contributed by atoms with van der Waals surface area (Å²) in [5.41, 5.74) is 0.333. The minimum atomic E-state index is -0.458. The molecule has 0 saturated heterocycles. The Labute approximate surface area is 141 Å². The summed E-state index contributed by atoms with van der Waals surface area (Å²) >= 11 is 0. The van der Waals surface area contributed by atoms with E-state index < -0.39 is 5.97 Å². The lowest BCUT2D eigenvalue weighted by molar-refractivity contribution is -0.140. The number of carbonyl (C=O) groups excluding carboxylic acids is 2. The molecule has 0 unspecified atom stereocenters. The van der Waals surface area contributed by atoms with Crippen LogP contribution in [0.25, 0.3) is 10.8 Å². The molecule has 3 rings (SSSR count). The standard InChI is InChI=1S/C20H22O4/c1-2-23-20(22)18-16-11-7-6-8-14(16)12-13-17(18)24-19(21)15-9-4-3-5-10-15/h6-8,11-13,15H,2-5,9-10H2,1H3. The van der Waals surface area contributed by atoms with Crippen molar-refractivity contribution >= 4 is 22.7 Å². The maximum absolute atomic E-state index is 12.5. The van der Waals surface area contributed by atoms with Crippen molar-refractivity contribution in [3.8, 4) is 5.75 Å². The number of hydrogen-bond donors (Lipinski definition) is 0. The molecule has 1 aliphatic rings. The lowest BCUT2D eigenvalue weighted by Gasteiger charge is -2.20. The zero-order valence-electron chi connectivity index (χ0n) is 13.9. The summed E-state index contributed by atoms with van der Waals surface area (Å²) in [4.78, 5) is 24.9. The van der Waals surface area contributed by atoms with Crippen LogP contribution < -0.4 is 4.74 Å². The first-order valence-electron chi connectivity index (χ1n) is 8.61. The van der Waals surface area contributed by atoms with Crippen LogP contribution in [0.2, 0.25) is 0 Å². The number of carbonyl (C=O) groups is 2. The molecular formula is C20H22O4. The third kappa shape index (κ3) is 3.42. The first-order chi connectivity index (χ1) is 11.7. The van der Waals surface area contributed by atoms with E-state index in [-0.39, 0.29) is 18.5 Å². The maximum Gasteiger partial charge on any atom is 0.342 e. The molecule has 0 heterocycles. The molecule has 24 heavy (non-hydrogen) atoms. The molecule has 0 bridgehead atoms. The van der Waals surface area contributed by atoms with Crippen LogP contribution in [-0.2, 0) is 9.53 Å². The predicted octanol–water partition coefficient (Wildman–Crippen LogP) is 4.50. The van der Waals surface area contributed by atoms with Crippen LogP contribution in [0.5, 0.6) is 5.75 Å². The van der Waals surface area contributed by atoms with Crippen molar-refractivity contribution in [3.63, 3.8) is 0 Å². The van der Waals surface area contributed by atoms with Gasteiger partial charge in [-0.25, -0.2) is 4.79 Å². The Kier molecular flexibility index (Phi) is 5.14. The van der Waals surface area contributed by atoms with Gasteiger partial charge in [0.1, 0.15) is 11.3 Å². The first-order valence-corrected chi connectivity index (χ1v) is 8.61. The number of ether oxygens (including phenoxy) is 2. The van der Waals surface area contributed by atoms with Crippen molar-refractivity contribution in [2.75, 3.05) is 6.61 Å². The molecule has 1 saturated carbocycles. The third-order valence-corrected chi connectivity index (χ3v) is 4.52. The fourth-order valence-corrected chi connectivity index (χ4v) is 3.28. The summed E-state index contributed by atoms with van der Waals surface area (Å²) < 4.78 is 10.8. The van der Waals surface area contributed by atoms with E-state index in [1.165, 1.54) is 6.42 Å². The second-order valence-corrected chi connectivity index (χ2v) is 6.14. The quantitative estimate of drug-likeness (QED) is 0.613. The number of hydrogen-bond acceptors (Lipinski definition) is 4. The van der Waals surface area contributed by atoms with Gasteiger partial charge in [-0.2, -0.15) is 0 Å². The van der Waals surface area contributed by atoms with Crippen LogP contribution in [0.4, 0.5) is 0 Å². The van der Waals surface area contributed by atoms with Gasteiger partial charge >= 0.3 is 11.9 Å². The monoisotopic (exact) mass is 326 g/mol. The Balaban J connectivity index is 1.95. The van der Waals surface area contributed by atoms with E-state index >= 15 is 0 Å². The van der Waals surface area contributed by atoms with Crippen LogP contribution in [0, 0.1) is 5.92 Å². The molecule has 126 valence electrons. The van der Waals surface area contributed by atoms with Crippen LogP contribution in [0.15, 0.2) is 36.4 Å². The van der Waals surface area contributed by atoms with E-state index in [4.69, 9.17) is 9.47 Å². The number of fused-ring (bicyclic) bond motifs is 1. The van der Waals surface area contributed by atoms with Gasteiger partial charge in [-0.15, -0.1) is 0 Å². The van der Waals surface area contributed by atoms with Gasteiger partial charge in [-0.05, 0) is 36.6 Å². The van der Waals surface area contributed by atoms with Gasteiger partial charge in [0.2, 0.25) is 0 Å². The summed E-state index contributed by atoms with van der Waals surface area (Å²) in [6.07, 6.45) is 5.01. The van der Waals surface area contributed by atoms with Gasteiger partial charge in [0, 0.05) is 0 Å². The lowest BCUT2D eigenvalue weighted by atomic mass is 9.89. The predicted molar refractivity (Wildman–Crippen MR) is 92.1 cm³/mol. The van der Waals surface area contributed by atoms with Crippen LogP contribution >= 0.6 is 0 Å². The van der Waals surface area contributed by atoms with Crippen molar-refractivity contribution in [1.82, 2.24) is 0 Å². The topological polar surface area (TPSA) is 52.6 Å². The zero-order chi connectivity index (χ0) is 16.9. The number of esters is 2. The molecule has 0 aliphatic heterocycles. The minimum Gasteiger partial charge on any atom is -0.462 e. The highest BCUT2D eigenvalue weighted by atomic mass is 16.5. The summed E-state index contributed by atoms with van der Waals surface area (Å²) in [6, 6.07) is 11.1. The third-order valence-electron chi connectivity index (χ3n) is 4.52. The van der Waals surface area contributed by atoms with E-state index in [0.717, 1.165) is 36.5 Å². The van der Waals surface area contributed by atoms with Crippen molar-refractivity contribution in [1.29, 1.82) is 0 Å². The Hall–Kier alpha value is -2.36. The smallest absolute Gasteiger partial charge is 0.342 e. The molecule has 1 aliphatic carbocycles. The molecule has 4 heteroatoms. The lowest BCUT2D eigenvalue weighted by Crippen LogP contribution is -2.23. The van der Waals surface area contributed by atoms with Crippen molar-refractivity contribution in [3.05, 3.63) is 42.0 Å². The van der Waals surface area contributed by atoms with Gasteiger partial charge < -0.3 is 9.47 Å². The molecule has 0 N–H and O–H groups in total. The Morgan fingerprint density at radius 1 is 1.04 bits per heavy atom. The van der Waals surface area contributed by atoms with Crippen LogP contribution in [-0.4, -0.2) is 18.5 Å². The highest BCUT2D eigenvalue weighted by molar-refractivity contribution is 6.07. The Morgan fingerprint density at radius 3 is 2.54 bits per heavy atom. The molecule has 4 nitrogen and oxygen atoms in total. The van der Waals surface area contributed by atoms with Crippen molar-refractivity contribution in [2.45, 2.75) is 39.0 Å². The second-order valence-electron chi connectivity index (χ2n) is 6.14. The van der Waals surface area contributed by atoms with E-state index in [2.05, 4.69) is 0 Å². The molecule has 0 spiro atoms. The minimum absolute atomic E-state index is 0.0692. The van der Waals surface area contributed by atoms with Gasteiger partial charge in [-0.3, -0.25) is 4.79 Å². The molecule has 0 atom stereocenters. The highest BCUT2D eigenvalue weighted by Crippen LogP contribution is 2.31. The summed E-state index contributed by atoms with van der Waals surface area (Å²) in [5, 5.41) is 1.66. The first kappa shape index (κ1) is 16.5. The molecule has 2 aromatic carbocycles. The summed E-state index contributed by atoms with van der Waals surface area (Å²) in [7, 11) is 0. The molecule has 2 aromatic rings. The van der Waals surface area contributed by atoms with E-state index in [1.807, 2.05) is 30.3 Å². The average Bonchev–Trinajstić information content (AvgIpc) is 2.62. The molecule has 0 aromatic heterocycles. The van der Waals surface area contributed by atoms with E-state index in [1.54, 1.807) is 13.0 Å². The van der Waals surface area contributed by atoms with Crippen LogP contribution in [0.1, 0.15) is 49.4 Å². The second kappa shape index (κ2) is 7.47. The van der Waals surface area contributed by atoms with Crippen LogP contribution in [0.3, 0.4) is 0 Å².